The summed E-state index contributed by atoms with van der Waals surface area (Å²) in [4.78, 5) is 28.2. The van der Waals surface area contributed by atoms with Crippen molar-refractivity contribution in [3.8, 4) is 5.75 Å². The maximum absolute atomic E-state index is 13.5. The van der Waals surface area contributed by atoms with Gasteiger partial charge in [-0.2, -0.15) is 0 Å². The van der Waals surface area contributed by atoms with Crippen molar-refractivity contribution in [2.24, 2.45) is 0 Å². The van der Waals surface area contributed by atoms with Crippen LogP contribution in [0.5, 0.6) is 5.75 Å². The fraction of sp³-hybridized carbons (Fsp3) is 0.120. The van der Waals surface area contributed by atoms with E-state index >= 15 is 0 Å². The van der Waals surface area contributed by atoms with Crippen LogP contribution in [-0.2, 0) is 9.59 Å². The smallest absolute Gasteiger partial charge is 0.282 e. The molecule has 1 aliphatic rings. The van der Waals surface area contributed by atoms with Gasteiger partial charge in [0.25, 0.3) is 11.8 Å². The van der Waals surface area contributed by atoms with Crippen LogP contribution in [0.2, 0.25) is 0 Å². The summed E-state index contributed by atoms with van der Waals surface area (Å²) in [5.74, 6) is -0.334. The van der Waals surface area contributed by atoms with Gasteiger partial charge in [-0.25, -0.2) is 4.90 Å². The van der Waals surface area contributed by atoms with Gasteiger partial charge >= 0.3 is 0 Å². The molecule has 5 heteroatoms. The lowest BCUT2D eigenvalue weighted by Gasteiger charge is -2.19. The van der Waals surface area contributed by atoms with Gasteiger partial charge in [0.15, 0.2) is 0 Å². The molecule has 0 unspecified atom stereocenters. The summed E-state index contributed by atoms with van der Waals surface area (Å²) in [7, 11) is 1.52. The number of hydrogen-bond donors (Lipinski definition) is 1. The zero-order valence-corrected chi connectivity index (χ0v) is 17.1. The largest absolute Gasteiger partial charge is 0.495 e. The monoisotopic (exact) mass is 398 g/mol. The molecule has 1 heterocycles. The third-order valence-corrected chi connectivity index (χ3v) is 5.04. The van der Waals surface area contributed by atoms with Gasteiger partial charge in [0.05, 0.1) is 18.4 Å². The van der Waals surface area contributed by atoms with E-state index in [0.29, 0.717) is 22.6 Å². The summed E-state index contributed by atoms with van der Waals surface area (Å²) in [6.45, 7) is 3.90. The number of anilines is 2. The van der Waals surface area contributed by atoms with Gasteiger partial charge in [-0.3, -0.25) is 9.59 Å². The van der Waals surface area contributed by atoms with Gasteiger partial charge in [0, 0.05) is 5.69 Å². The van der Waals surface area contributed by atoms with Crippen LogP contribution in [0.15, 0.2) is 78.5 Å². The quantitative estimate of drug-likeness (QED) is 0.633. The number of hydrogen-bond acceptors (Lipinski definition) is 4. The summed E-state index contributed by atoms with van der Waals surface area (Å²) in [5, 5.41) is 3.18. The molecule has 4 rings (SSSR count). The Balaban J connectivity index is 1.84. The first kappa shape index (κ1) is 19.5. The lowest BCUT2D eigenvalue weighted by molar-refractivity contribution is -0.120. The molecule has 0 spiro atoms. The first-order valence-corrected chi connectivity index (χ1v) is 9.66. The first-order chi connectivity index (χ1) is 14.5. The molecule has 0 radical (unpaired) electrons. The van der Waals surface area contributed by atoms with E-state index in [2.05, 4.69) is 5.32 Å². The Bertz CT molecular complexity index is 1150. The highest BCUT2D eigenvalue weighted by atomic mass is 16.5. The van der Waals surface area contributed by atoms with E-state index in [1.165, 1.54) is 12.0 Å². The zero-order valence-electron chi connectivity index (χ0n) is 17.1. The molecule has 3 aromatic carbocycles. The lowest BCUT2D eigenvalue weighted by Crippen LogP contribution is -2.32. The van der Waals surface area contributed by atoms with Crippen molar-refractivity contribution in [3.05, 3.63) is 95.2 Å². The normalized spacial score (nSPS) is 13.8. The molecule has 0 saturated carbocycles. The Labute approximate surface area is 175 Å². The van der Waals surface area contributed by atoms with E-state index in [0.717, 1.165) is 16.8 Å². The van der Waals surface area contributed by atoms with Crippen LogP contribution in [0.25, 0.3) is 5.57 Å². The number of rotatable bonds is 5. The van der Waals surface area contributed by atoms with Crippen molar-refractivity contribution in [1.29, 1.82) is 0 Å². The van der Waals surface area contributed by atoms with Gasteiger partial charge in [-0.1, -0.05) is 54.1 Å². The van der Waals surface area contributed by atoms with Crippen LogP contribution in [0.1, 0.15) is 16.7 Å². The van der Waals surface area contributed by atoms with Gasteiger partial charge < -0.3 is 10.1 Å². The summed E-state index contributed by atoms with van der Waals surface area (Å²) in [5.41, 5.74) is 4.47. The molecule has 0 fully saturated rings. The number of nitrogens with one attached hydrogen (secondary N) is 1. The van der Waals surface area contributed by atoms with E-state index in [9.17, 15) is 9.59 Å². The Hall–Kier alpha value is -3.86. The minimum absolute atomic E-state index is 0.249. The maximum atomic E-state index is 13.5. The highest BCUT2D eigenvalue weighted by molar-refractivity contribution is 6.46. The molecule has 0 aromatic heterocycles. The number of methoxy groups -OCH3 is 1. The van der Waals surface area contributed by atoms with Crippen LogP contribution in [0.3, 0.4) is 0 Å². The van der Waals surface area contributed by atoms with Crippen LogP contribution in [-0.4, -0.2) is 18.9 Å². The number of carbonyl (C=O) groups excluding carboxylic acids is 2. The second-order valence-corrected chi connectivity index (χ2v) is 7.23. The number of carbonyl (C=O) groups is 2. The van der Waals surface area contributed by atoms with E-state index in [1.54, 1.807) is 12.1 Å². The molecule has 0 bridgehead atoms. The van der Waals surface area contributed by atoms with Crippen LogP contribution in [0.4, 0.5) is 11.4 Å². The van der Waals surface area contributed by atoms with Crippen molar-refractivity contribution in [3.63, 3.8) is 0 Å². The van der Waals surface area contributed by atoms with Gasteiger partial charge in [-0.15, -0.1) is 0 Å². The van der Waals surface area contributed by atoms with E-state index in [4.69, 9.17) is 4.74 Å². The van der Waals surface area contributed by atoms with E-state index in [1.807, 2.05) is 74.5 Å². The molecule has 30 heavy (non-hydrogen) atoms. The average molecular weight is 398 g/mol. The molecule has 0 atom stereocenters. The molecule has 1 N–H and O–H groups in total. The molecule has 150 valence electrons. The molecular weight excluding hydrogens is 376 g/mol. The number of amides is 2. The van der Waals surface area contributed by atoms with E-state index in [-0.39, 0.29) is 11.6 Å². The van der Waals surface area contributed by atoms with Gasteiger partial charge in [0.1, 0.15) is 11.4 Å². The Morgan fingerprint density at radius 2 is 1.47 bits per heavy atom. The molecule has 5 nitrogen and oxygen atoms in total. The number of ether oxygens (including phenoxy) is 1. The molecule has 1 aliphatic heterocycles. The van der Waals surface area contributed by atoms with Gasteiger partial charge in [-0.05, 0) is 49.2 Å². The fourth-order valence-electron chi connectivity index (χ4n) is 3.49. The molecule has 3 aromatic rings. The van der Waals surface area contributed by atoms with Crippen molar-refractivity contribution in [1.82, 2.24) is 0 Å². The summed E-state index contributed by atoms with van der Waals surface area (Å²) >= 11 is 0. The standard InChI is InChI=1S/C25H22N2O3/c1-16-9-12-19(13-10-16)26-23-22(18-7-5-4-6-8-18)24(28)27(25(23)29)20-15-17(2)11-14-21(20)30-3/h4-15,26H,1-3H3. The Kier molecular flexibility index (Phi) is 5.11. The Morgan fingerprint density at radius 1 is 0.800 bits per heavy atom. The van der Waals surface area contributed by atoms with Crippen LogP contribution in [0, 0.1) is 13.8 Å². The highest BCUT2D eigenvalue weighted by Gasteiger charge is 2.41. The predicted octanol–water partition coefficient (Wildman–Crippen LogP) is 4.71. The van der Waals surface area contributed by atoms with Crippen molar-refractivity contribution in [2.75, 3.05) is 17.3 Å². The van der Waals surface area contributed by atoms with Crippen molar-refractivity contribution in [2.45, 2.75) is 13.8 Å². The minimum Gasteiger partial charge on any atom is -0.495 e. The third-order valence-electron chi connectivity index (χ3n) is 5.04. The second kappa shape index (κ2) is 7.87. The highest BCUT2D eigenvalue weighted by Crippen LogP contribution is 2.38. The zero-order chi connectivity index (χ0) is 21.3. The number of nitrogens with zero attached hydrogens (tertiary/aromatic N) is 1. The third kappa shape index (κ3) is 3.46. The number of benzene rings is 3. The first-order valence-electron chi connectivity index (χ1n) is 9.66. The van der Waals surface area contributed by atoms with Gasteiger partial charge in [0.2, 0.25) is 0 Å². The van der Waals surface area contributed by atoms with Crippen LogP contribution < -0.4 is 15.0 Å². The SMILES string of the molecule is COc1ccc(C)cc1N1C(=O)C(Nc2ccc(C)cc2)=C(c2ccccc2)C1=O. The van der Waals surface area contributed by atoms with Crippen LogP contribution >= 0.6 is 0 Å². The molecular formula is C25H22N2O3. The summed E-state index contributed by atoms with van der Waals surface area (Å²) < 4.78 is 5.43. The molecule has 0 aliphatic carbocycles. The average Bonchev–Trinajstić information content (AvgIpc) is 2.99. The topological polar surface area (TPSA) is 58.6 Å². The number of imide groups is 1. The second-order valence-electron chi connectivity index (χ2n) is 7.23. The fourth-order valence-corrected chi connectivity index (χ4v) is 3.49. The summed E-state index contributed by atoms with van der Waals surface area (Å²) in [6.07, 6.45) is 0. The lowest BCUT2D eigenvalue weighted by atomic mass is 10.0. The predicted molar refractivity (Wildman–Crippen MR) is 118 cm³/mol. The molecule has 2 amide bonds. The number of aryl methyl sites for hydroxylation is 2. The van der Waals surface area contributed by atoms with Crippen molar-refractivity contribution >= 4 is 28.8 Å². The summed E-state index contributed by atoms with van der Waals surface area (Å²) in [6, 6.07) is 22.3. The van der Waals surface area contributed by atoms with Crippen molar-refractivity contribution < 1.29 is 14.3 Å². The molecule has 0 saturated heterocycles. The van der Waals surface area contributed by atoms with E-state index < -0.39 is 5.91 Å². The maximum Gasteiger partial charge on any atom is 0.282 e. The Morgan fingerprint density at radius 3 is 2.13 bits per heavy atom. The minimum atomic E-state index is -0.414.